The average Bonchev–Trinajstić information content (AvgIpc) is 2.98. The number of rotatable bonds is 7. The molecular formula is C32H38N2O9. The van der Waals surface area contributed by atoms with E-state index in [-0.39, 0.29) is 64.4 Å². The molecule has 43 heavy (non-hydrogen) atoms. The Kier molecular flexibility index (Phi) is 8.19. The van der Waals surface area contributed by atoms with Crippen molar-refractivity contribution >= 4 is 29.1 Å². The molecule has 5 rings (SSSR count). The van der Waals surface area contributed by atoms with Crippen molar-refractivity contribution in [3.8, 4) is 0 Å². The second kappa shape index (κ2) is 11.4. The molecule has 2 aliphatic carbocycles. The molecule has 11 heteroatoms. The van der Waals surface area contributed by atoms with E-state index in [2.05, 4.69) is 0 Å². The molecule has 11 nitrogen and oxygen atoms in total. The van der Waals surface area contributed by atoms with Gasteiger partial charge in [-0.2, -0.15) is 0 Å². The molecule has 230 valence electrons. The van der Waals surface area contributed by atoms with E-state index in [4.69, 9.17) is 18.9 Å². The highest BCUT2D eigenvalue weighted by Gasteiger charge is 2.59. The van der Waals surface area contributed by atoms with E-state index in [1.54, 1.807) is 33.8 Å². The fraction of sp³-hybridized carbons (Fsp3) is 0.531. The molecule has 1 fully saturated rings. The number of methoxy groups -OCH3 is 2. The van der Waals surface area contributed by atoms with E-state index in [0.29, 0.717) is 29.9 Å². The van der Waals surface area contributed by atoms with Crippen LogP contribution in [-0.2, 0) is 42.9 Å². The number of ether oxygens (including phenoxy) is 4. The van der Waals surface area contributed by atoms with Crippen LogP contribution in [0, 0.1) is 0 Å². The number of allylic oxidation sites excluding steroid dienone is 5. The molecule has 0 saturated carbocycles. The van der Waals surface area contributed by atoms with Crippen LogP contribution in [0.15, 0.2) is 56.6 Å². The van der Waals surface area contributed by atoms with Crippen molar-refractivity contribution in [1.29, 1.82) is 0 Å². The minimum absolute atomic E-state index is 0.0153. The highest BCUT2D eigenvalue weighted by atomic mass is 16.5. The van der Waals surface area contributed by atoms with E-state index in [0.717, 1.165) is 0 Å². The van der Waals surface area contributed by atoms with E-state index in [1.165, 1.54) is 14.2 Å². The van der Waals surface area contributed by atoms with Gasteiger partial charge in [0.05, 0.1) is 32.3 Å². The fourth-order valence-corrected chi connectivity index (χ4v) is 7.29. The van der Waals surface area contributed by atoms with Crippen LogP contribution in [0.4, 0.5) is 0 Å². The maximum absolute atomic E-state index is 14.0. The average molecular weight is 595 g/mol. The summed E-state index contributed by atoms with van der Waals surface area (Å²) in [6, 6.07) is -2.30. The molecule has 0 unspecified atom stereocenters. The first kappa shape index (κ1) is 30.8. The number of likely N-dealkylation sites (N-methyl/N-ethyl adjacent to an activating group) is 1. The topological polar surface area (TPSA) is 129 Å². The number of esters is 1. The molecule has 0 amide bonds. The van der Waals surface area contributed by atoms with Crippen LogP contribution >= 0.6 is 0 Å². The van der Waals surface area contributed by atoms with Gasteiger partial charge >= 0.3 is 5.97 Å². The van der Waals surface area contributed by atoms with Crippen molar-refractivity contribution in [3.05, 3.63) is 56.6 Å². The van der Waals surface area contributed by atoms with Gasteiger partial charge in [0.15, 0.2) is 23.1 Å². The third kappa shape index (κ3) is 4.47. The number of carbonyl (C=O) groups excluding carboxylic acids is 5. The Labute approximate surface area is 250 Å². The Morgan fingerprint density at radius 3 is 2.09 bits per heavy atom. The molecule has 1 saturated heterocycles. The van der Waals surface area contributed by atoms with E-state index in [9.17, 15) is 24.0 Å². The smallest absolute Gasteiger partial charge is 0.333 e. The van der Waals surface area contributed by atoms with Gasteiger partial charge in [0.2, 0.25) is 11.6 Å². The molecule has 5 atom stereocenters. The third-order valence-electron chi connectivity index (χ3n) is 9.51. The van der Waals surface area contributed by atoms with Crippen LogP contribution in [0.3, 0.4) is 0 Å². The van der Waals surface area contributed by atoms with Crippen LogP contribution in [-0.4, -0.2) is 110 Å². The lowest BCUT2D eigenvalue weighted by Gasteiger charge is -2.59. The quantitative estimate of drug-likeness (QED) is 0.243. The summed E-state index contributed by atoms with van der Waals surface area (Å²) in [5.74, 6) is -2.03. The van der Waals surface area contributed by atoms with Crippen molar-refractivity contribution in [2.45, 2.75) is 71.3 Å². The Balaban J connectivity index is 1.69. The number of fused-ring (bicyclic) bond motifs is 5. The number of carbonyl (C=O) groups is 5. The van der Waals surface area contributed by atoms with E-state index >= 15 is 0 Å². The summed E-state index contributed by atoms with van der Waals surface area (Å²) in [5, 5.41) is 0. The van der Waals surface area contributed by atoms with Crippen LogP contribution < -0.4 is 0 Å². The first-order valence-electron chi connectivity index (χ1n) is 14.5. The second-order valence-corrected chi connectivity index (χ2v) is 11.5. The summed E-state index contributed by atoms with van der Waals surface area (Å²) < 4.78 is 22.7. The summed E-state index contributed by atoms with van der Waals surface area (Å²) in [4.78, 5) is 72.2. The molecule has 5 aliphatic rings. The minimum Gasteiger partial charge on any atom is -0.492 e. The molecule has 3 aliphatic heterocycles. The lowest BCUT2D eigenvalue weighted by atomic mass is 9.68. The summed E-state index contributed by atoms with van der Waals surface area (Å²) in [6.07, 6.45) is 1.06. The summed E-state index contributed by atoms with van der Waals surface area (Å²) in [5.41, 5.74) is 1.99. The zero-order valence-corrected chi connectivity index (χ0v) is 25.9. The monoisotopic (exact) mass is 594 g/mol. The Hall–Kier alpha value is -3.67. The summed E-state index contributed by atoms with van der Waals surface area (Å²) in [7, 11) is 4.59. The first-order chi connectivity index (χ1) is 20.4. The van der Waals surface area contributed by atoms with Gasteiger partial charge in [-0.25, -0.2) is 4.79 Å². The highest BCUT2D eigenvalue weighted by Crippen LogP contribution is 2.47. The van der Waals surface area contributed by atoms with Gasteiger partial charge in [0.1, 0.15) is 12.7 Å². The van der Waals surface area contributed by atoms with Crippen molar-refractivity contribution in [1.82, 2.24) is 9.80 Å². The molecule has 0 spiro atoms. The SMILES string of the molecule is C/C=C(/C)C(=O)OC[C@H]1C2=C(C[C@H]3[C@H]4C5=C(C(=O)C(C)=C(OC)C5=O)[C@H](OCC)[C@@H](CN13)N4C)C(=O)C(C)=C(OC)C2=O. The van der Waals surface area contributed by atoms with Crippen LogP contribution in [0.1, 0.15) is 41.0 Å². The van der Waals surface area contributed by atoms with Gasteiger partial charge < -0.3 is 18.9 Å². The van der Waals surface area contributed by atoms with E-state index in [1.807, 2.05) is 23.8 Å². The Bertz CT molecular complexity index is 1490. The lowest BCUT2D eigenvalue weighted by Crippen LogP contribution is -2.73. The van der Waals surface area contributed by atoms with E-state index < -0.39 is 41.8 Å². The van der Waals surface area contributed by atoms with Crippen LogP contribution in [0.5, 0.6) is 0 Å². The molecular weight excluding hydrogens is 556 g/mol. The Morgan fingerprint density at radius 1 is 0.907 bits per heavy atom. The molecule has 0 aromatic rings. The predicted octanol–water partition coefficient (Wildman–Crippen LogP) is 1.78. The molecule has 3 heterocycles. The standard InChI is InChI=1S/C32H38N2O9/c1-9-14(3)32(39)43-13-20-21-17(25(35)15(4)29(40-7)27(21)37)11-18-24-22-23(26(36)16(5)30(41-8)28(22)38)31(42-10-2)19(33(24)6)12-34(18)20/h9,18-20,24,31H,10-13H2,1-8H3/b14-9-/t18-,19+,20-,24-,31+/m0/s1. The number of Topliss-reactive ketones (excluding diaryl/α,β-unsaturated/α-hetero) is 4. The maximum atomic E-state index is 14.0. The predicted molar refractivity (Wildman–Crippen MR) is 154 cm³/mol. The number of hydrogen-bond donors (Lipinski definition) is 0. The minimum atomic E-state index is -0.797. The zero-order valence-electron chi connectivity index (χ0n) is 25.9. The summed E-state index contributed by atoms with van der Waals surface area (Å²) in [6.45, 7) is 8.75. The number of piperazine rings is 1. The molecule has 0 N–H and O–H groups in total. The highest BCUT2D eigenvalue weighted by molar-refractivity contribution is 6.26. The number of nitrogens with zero attached hydrogens (tertiary/aromatic N) is 2. The van der Waals surface area contributed by atoms with Gasteiger partial charge in [-0.3, -0.25) is 29.0 Å². The van der Waals surface area contributed by atoms with Gasteiger partial charge in [-0.05, 0) is 48.1 Å². The largest absolute Gasteiger partial charge is 0.492 e. The van der Waals surface area contributed by atoms with Gasteiger partial charge in [0.25, 0.3) is 0 Å². The molecule has 0 aromatic carbocycles. The second-order valence-electron chi connectivity index (χ2n) is 11.5. The zero-order chi connectivity index (χ0) is 31.5. The van der Waals surface area contributed by atoms with Crippen molar-refractivity contribution < 1.29 is 42.9 Å². The first-order valence-corrected chi connectivity index (χ1v) is 14.5. The van der Waals surface area contributed by atoms with Gasteiger partial charge in [-0.1, -0.05) is 6.08 Å². The Morgan fingerprint density at radius 2 is 1.51 bits per heavy atom. The van der Waals surface area contributed by atoms with Gasteiger partial charge in [-0.15, -0.1) is 0 Å². The normalized spacial score (nSPS) is 30.0. The lowest BCUT2D eigenvalue weighted by molar-refractivity contribution is -0.144. The van der Waals surface area contributed by atoms with Crippen LogP contribution in [0.25, 0.3) is 0 Å². The van der Waals surface area contributed by atoms with Crippen LogP contribution in [0.2, 0.25) is 0 Å². The van der Waals surface area contributed by atoms with Crippen molar-refractivity contribution in [3.63, 3.8) is 0 Å². The number of ketones is 4. The molecule has 2 bridgehead atoms. The molecule has 0 aromatic heterocycles. The maximum Gasteiger partial charge on any atom is 0.333 e. The van der Waals surface area contributed by atoms with Crippen molar-refractivity contribution in [2.24, 2.45) is 0 Å². The number of hydrogen-bond acceptors (Lipinski definition) is 11. The third-order valence-corrected chi connectivity index (χ3v) is 9.51. The summed E-state index contributed by atoms with van der Waals surface area (Å²) >= 11 is 0. The van der Waals surface area contributed by atoms with Gasteiger partial charge in [0, 0.05) is 58.2 Å². The fourth-order valence-electron chi connectivity index (χ4n) is 7.29. The van der Waals surface area contributed by atoms with Crippen molar-refractivity contribution in [2.75, 3.05) is 41.0 Å². The molecule has 0 radical (unpaired) electrons.